The summed E-state index contributed by atoms with van der Waals surface area (Å²) in [6.07, 6.45) is 0.912. The van der Waals surface area contributed by atoms with Crippen LogP contribution in [0.3, 0.4) is 0 Å². The number of fused-ring (bicyclic) bond motifs is 1. The van der Waals surface area contributed by atoms with Crippen LogP contribution in [-0.4, -0.2) is 54.7 Å². The number of rotatable bonds is 5. The minimum absolute atomic E-state index is 0.148. The van der Waals surface area contributed by atoms with E-state index in [1.807, 2.05) is 6.07 Å². The number of aromatic amines is 1. The lowest BCUT2D eigenvalue weighted by Gasteiger charge is -2.32. The van der Waals surface area contributed by atoms with Crippen LogP contribution in [0.25, 0.3) is 10.9 Å². The van der Waals surface area contributed by atoms with Gasteiger partial charge in [-0.1, -0.05) is 19.1 Å². The molecule has 1 aromatic heterocycles. The fraction of sp³-hybridized carbons (Fsp3) is 0.444. The molecule has 1 aliphatic heterocycles. The summed E-state index contributed by atoms with van der Waals surface area (Å²) in [6, 6.07) is 8.53. The van der Waals surface area contributed by atoms with Crippen molar-refractivity contribution in [1.82, 2.24) is 15.2 Å². The van der Waals surface area contributed by atoms with Crippen molar-refractivity contribution in [2.75, 3.05) is 32.8 Å². The second kappa shape index (κ2) is 7.59. The van der Waals surface area contributed by atoms with Crippen LogP contribution in [0.1, 0.15) is 23.8 Å². The smallest absolute Gasteiger partial charge is 0.267 e. The standard InChI is InChI=1S/C18H23N3O3/c1-2-21-9-10-24-13(12-21)7-8-19-18(23)16-11-17(22)14-5-3-4-6-15(14)20-16/h3-6,11,13H,2,7-10,12H2,1H3,(H,19,23)(H,20,22). The summed E-state index contributed by atoms with van der Waals surface area (Å²) in [6.45, 7) is 6.29. The highest BCUT2D eigenvalue weighted by Crippen LogP contribution is 2.09. The van der Waals surface area contributed by atoms with Gasteiger partial charge in [-0.3, -0.25) is 14.5 Å². The Morgan fingerprint density at radius 2 is 2.25 bits per heavy atom. The monoisotopic (exact) mass is 329 g/mol. The van der Waals surface area contributed by atoms with E-state index in [9.17, 15) is 9.59 Å². The first-order chi connectivity index (χ1) is 11.7. The largest absolute Gasteiger partial charge is 0.375 e. The maximum Gasteiger partial charge on any atom is 0.267 e. The van der Waals surface area contributed by atoms with Gasteiger partial charge < -0.3 is 15.0 Å². The number of carbonyl (C=O) groups excluding carboxylic acids is 1. The summed E-state index contributed by atoms with van der Waals surface area (Å²) < 4.78 is 5.72. The number of para-hydroxylation sites is 1. The summed E-state index contributed by atoms with van der Waals surface area (Å²) in [5, 5.41) is 3.45. The van der Waals surface area contributed by atoms with Crippen molar-refractivity contribution < 1.29 is 9.53 Å². The predicted molar refractivity (Wildman–Crippen MR) is 93.4 cm³/mol. The maximum atomic E-state index is 12.3. The number of hydrogen-bond acceptors (Lipinski definition) is 4. The molecule has 24 heavy (non-hydrogen) atoms. The molecule has 3 rings (SSSR count). The number of likely N-dealkylation sites (N-methyl/N-ethyl adjacent to an activating group) is 1. The SMILES string of the molecule is CCN1CCOC(CCNC(=O)c2cc(=O)c3ccccc3[nH]2)C1. The molecule has 2 heterocycles. The minimum atomic E-state index is -0.263. The number of pyridine rings is 1. The third-order valence-electron chi connectivity index (χ3n) is 4.40. The third-order valence-corrected chi connectivity index (χ3v) is 4.40. The van der Waals surface area contributed by atoms with Crippen molar-refractivity contribution in [3.63, 3.8) is 0 Å². The van der Waals surface area contributed by atoms with E-state index in [0.717, 1.165) is 32.7 Å². The molecular formula is C18H23N3O3. The van der Waals surface area contributed by atoms with E-state index < -0.39 is 0 Å². The summed E-state index contributed by atoms with van der Waals surface area (Å²) >= 11 is 0. The lowest BCUT2D eigenvalue weighted by molar-refractivity contribution is -0.0296. The first kappa shape index (κ1) is 16.7. The molecule has 1 amide bonds. The van der Waals surface area contributed by atoms with Crippen LogP contribution >= 0.6 is 0 Å². The highest BCUT2D eigenvalue weighted by atomic mass is 16.5. The van der Waals surface area contributed by atoms with E-state index >= 15 is 0 Å². The number of amides is 1. The van der Waals surface area contributed by atoms with Gasteiger partial charge in [-0.25, -0.2) is 0 Å². The molecule has 6 nitrogen and oxygen atoms in total. The number of hydrogen-bond donors (Lipinski definition) is 2. The fourth-order valence-corrected chi connectivity index (χ4v) is 3.00. The number of nitrogens with zero attached hydrogens (tertiary/aromatic N) is 1. The van der Waals surface area contributed by atoms with E-state index in [-0.39, 0.29) is 17.4 Å². The third kappa shape index (κ3) is 3.83. The van der Waals surface area contributed by atoms with Crippen LogP contribution in [0.4, 0.5) is 0 Å². The molecule has 0 aliphatic carbocycles. The van der Waals surface area contributed by atoms with Gasteiger partial charge in [0, 0.05) is 36.6 Å². The lowest BCUT2D eigenvalue weighted by atomic mass is 10.2. The van der Waals surface area contributed by atoms with Crippen molar-refractivity contribution in [1.29, 1.82) is 0 Å². The fourth-order valence-electron chi connectivity index (χ4n) is 3.00. The van der Waals surface area contributed by atoms with Crippen LogP contribution in [0.5, 0.6) is 0 Å². The number of carbonyl (C=O) groups is 1. The zero-order chi connectivity index (χ0) is 16.9. The van der Waals surface area contributed by atoms with Crippen molar-refractivity contribution in [3.8, 4) is 0 Å². The van der Waals surface area contributed by atoms with Crippen LogP contribution in [-0.2, 0) is 4.74 Å². The molecule has 2 aromatic rings. The van der Waals surface area contributed by atoms with Gasteiger partial charge in [0.15, 0.2) is 5.43 Å². The Labute approximate surface area is 140 Å². The number of ether oxygens (including phenoxy) is 1. The van der Waals surface area contributed by atoms with E-state index in [1.54, 1.807) is 18.2 Å². The molecule has 2 N–H and O–H groups in total. The van der Waals surface area contributed by atoms with Gasteiger partial charge in [0.25, 0.3) is 5.91 Å². The predicted octanol–water partition coefficient (Wildman–Crippen LogP) is 1.37. The highest BCUT2D eigenvalue weighted by Gasteiger charge is 2.19. The number of aromatic nitrogens is 1. The van der Waals surface area contributed by atoms with Crippen LogP contribution in [0, 0.1) is 0 Å². The van der Waals surface area contributed by atoms with Crippen molar-refractivity contribution >= 4 is 16.8 Å². The second-order valence-corrected chi connectivity index (χ2v) is 6.02. The topological polar surface area (TPSA) is 74.4 Å². The molecule has 1 aromatic carbocycles. The quantitative estimate of drug-likeness (QED) is 0.869. The molecule has 128 valence electrons. The van der Waals surface area contributed by atoms with Gasteiger partial charge in [0.05, 0.1) is 12.7 Å². The minimum Gasteiger partial charge on any atom is -0.375 e. The maximum absolute atomic E-state index is 12.3. The van der Waals surface area contributed by atoms with Gasteiger partial charge in [0.1, 0.15) is 5.69 Å². The molecular weight excluding hydrogens is 306 g/mol. The van der Waals surface area contributed by atoms with E-state index in [1.165, 1.54) is 6.07 Å². The number of H-pyrrole nitrogens is 1. The normalized spacial score (nSPS) is 18.6. The van der Waals surface area contributed by atoms with Crippen molar-refractivity contribution in [2.24, 2.45) is 0 Å². The summed E-state index contributed by atoms with van der Waals surface area (Å²) in [7, 11) is 0. The molecule has 1 unspecified atom stereocenters. The first-order valence-corrected chi connectivity index (χ1v) is 8.41. The summed E-state index contributed by atoms with van der Waals surface area (Å²) in [5.41, 5.74) is 0.812. The van der Waals surface area contributed by atoms with Crippen LogP contribution in [0.15, 0.2) is 35.1 Å². The van der Waals surface area contributed by atoms with E-state index in [4.69, 9.17) is 4.74 Å². The van der Waals surface area contributed by atoms with Gasteiger partial charge in [-0.05, 0) is 25.1 Å². The Morgan fingerprint density at radius 3 is 3.08 bits per heavy atom. The van der Waals surface area contributed by atoms with Gasteiger partial charge in [0.2, 0.25) is 0 Å². The molecule has 1 atom stereocenters. The van der Waals surface area contributed by atoms with E-state index in [0.29, 0.717) is 23.1 Å². The van der Waals surface area contributed by atoms with Crippen molar-refractivity contribution in [2.45, 2.75) is 19.4 Å². The molecule has 1 fully saturated rings. The Kier molecular flexibility index (Phi) is 5.27. The molecule has 1 saturated heterocycles. The zero-order valence-electron chi connectivity index (χ0n) is 13.9. The Balaban J connectivity index is 1.58. The highest BCUT2D eigenvalue weighted by molar-refractivity contribution is 5.94. The second-order valence-electron chi connectivity index (χ2n) is 6.02. The van der Waals surface area contributed by atoms with E-state index in [2.05, 4.69) is 22.1 Å². The molecule has 6 heteroatoms. The van der Waals surface area contributed by atoms with Gasteiger partial charge in [-0.15, -0.1) is 0 Å². The lowest BCUT2D eigenvalue weighted by Crippen LogP contribution is -2.43. The van der Waals surface area contributed by atoms with Gasteiger partial charge >= 0.3 is 0 Å². The Bertz CT molecular complexity index is 771. The first-order valence-electron chi connectivity index (χ1n) is 8.41. The van der Waals surface area contributed by atoms with Crippen LogP contribution < -0.4 is 10.7 Å². The average molecular weight is 329 g/mol. The number of benzene rings is 1. The molecule has 0 bridgehead atoms. The van der Waals surface area contributed by atoms with Crippen molar-refractivity contribution in [3.05, 3.63) is 46.2 Å². The molecule has 1 aliphatic rings. The van der Waals surface area contributed by atoms with Gasteiger partial charge in [-0.2, -0.15) is 0 Å². The summed E-state index contributed by atoms with van der Waals surface area (Å²) in [4.78, 5) is 29.7. The molecule has 0 radical (unpaired) electrons. The van der Waals surface area contributed by atoms with Crippen LogP contribution in [0.2, 0.25) is 0 Å². The summed E-state index contributed by atoms with van der Waals surface area (Å²) in [5.74, 6) is -0.263. The number of morpholine rings is 1. The number of nitrogens with one attached hydrogen (secondary N) is 2. The molecule has 0 saturated carbocycles. The Morgan fingerprint density at radius 1 is 1.42 bits per heavy atom. The zero-order valence-corrected chi connectivity index (χ0v) is 13.9. The average Bonchev–Trinajstić information content (AvgIpc) is 2.62. The molecule has 0 spiro atoms. The Hall–Kier alpha value is -2.18.